The topological polar surface area (TPSA) is 132 Å². The number of rotatable bonds is 6. The molecule has 0 aliphatic carbocycles. The molecule has 0 saturated carbocycles. The summed E-state index contributed by atoms with van der Waals surface area (Å²) < 4.78 is 35.9. The number of primary amides is 1. The van der Waals surface area contributed by atoms with Gasteiger partial charge in [-0.2, -0.15) is 0 Å². The quantitative estimate of drug-likeness (QED) is 0.586. The maximum Gasteiger partial charge on any atom is 0.304 e. The summed E-state index contributed by atoms with van der Waals surface area (Å²) >= 11 is 0.616. The van der Waals surface area contributed by atoms with Gasteiger partial charge in [-0.25, -0.2) is 12.8 Å². The lowest BCUT2D eigenvalue weighted by atomic mass is 10.1. The number of sulfone groups is 1. The van der Waals surface area contributed by atoms with Gasteiger partial charge >= 0.3 is 5.69 Å². The number of nitrogens with one attached hydrogen (secondary N) is 1. The summed E-state index contributed by atoms with van der Waals surface area (Å²) in [4.78, 5) is 22.0. The highest BCUT2D eigenvalue weighted by atomic mass is 32.2. The average Bonchev–Trinajstić information content (AvgIpc) is 2.90. The van der Waals surface area contributed by atoms with Crippen LogP contribution in [0.25, 0.3) is 0 Å². The van der Waals surface area contributed by atoms with Gasteiger partial charge in [0.15, 0.2) is 14.8 Å². The van der Waals surface area contributed by atoms with Gasteiger partial charge in [0, 0.05) is 12.3 Å². The van der Waals surface area contributed by atoms with E-state index in [2.05, 4.69) is 5.32 Å². The van der Waals surface area contributed by atoms with Crippen molar-refractivity contribution in [3.05, 3.63) is 51.8 Å². The SMILES string of the molecule is CS(=O)(=O)c1cc([N+](=O)[O-])c(NC(C(N)=O)c2ccc(F)cc2)s1. The van der Waals surface area contributed by atoms with Crippen LogP contribution < -0.4 is 11.1 Å². The smallest absolute Gasteiger partial charge is 0.304 e. The molecule has 0 bridgehead atoms. The fourth-order valence-corrected chi connectivity index (χ4v) is 3.85. The Balaban J connectivity index is 2.46. The second-order valence-corrected chi connectivity index (χ2v) is 8.14. The number of nitrogens with zero attached hydrogens (tertiary/aromatic N) is 1. The number of carbonyl (C=O) groups is 1. The van der Waals surface area contributed by atoms with Crippen LogP contribution in [-0.2, 0) is 14.6 Å². The normalized spacial score (nSPS) is 12.6. The molecular formula is C13H12FN3O5S2. The molecule has 0 spiro atoms. The van der Waals surface area contributed by atoms with Gasteiger partial charge in [-0.15, -0.1) is 0 Å². The van der Waals surface area contributed by atoms with Crippen LogP contribution in [0, 0.1) is 15.9 Å². The van der Waals surface area contributed by atoms with Crippen LogP contribution in [0.2, 0.25) is 0 Å². The van der Waals surface area contributed by atoms with E-state index < -0.39 is 38.2 Å². The van der Waals surface area contributed by atoms with Gasteiger partial charge in [-0.05, 0) is 17.7 Å². The van der Waals surface area contributed by atoms with Crippen LogP contribution >= 0.6 is 11.3 Å². The molecule has 2 aromatic rings. The Morgan fingerprint density at radius 3 is 2.42 bits per heavy atom. The molecule has 128 valence electrons. The summed E-state index contributed by atoms with van der Waals surface area (Å²) in [6.07, 6.45) is 0.915. The highest BCUT2D eigenvalue weighted by molar-refractivity contribution is 7.92. The predicted molar refractivity (Wildman–Crippen MR) is 86.0 cm³/mol. The van der Waals surface area contributed by atoms with E-state index in [0.29, 0.717) is 11.3 Å². The van der Waals surface area contributed by atoms with Gasteiger partial charge in [-0.3, -0.25) is 14.9 Å². The number of nitro groups is 1. The molecule has 11 heteroatoms. The van der Waals surface area contributed by atoms with Gasteiger partial charge in [-0.1, -0.05) is 23.5 Å². The maximum atomic E-state index is 13.0. The van der Waals surface area contributed by atoms with Crippen molar-refractivity contribution in [1.29, 1.82) is 0 Å². The third-order valence-electron chi connectivity index (χ3n) is 3.02. The molecule has 0 radical (unpaired) electrons. The predicted octanol–water partition coefficient (Wildman–Crippen LogP) is 1.84. The molecular weight excluding hydrogens is 361 g/mol. The van der Waals surface area contributed by atoms with Crippen LogP contribution in [0.1, 0.15) is 11.6 Å². The zero-order valence-corrected chi connectivity index (χ0v) is 13.9. The first-order chi connectivity index (χ1) is 11.1. The number of hydrogen-bond donors (Lipinski definition) is 2. The number of halogens is 1. The van der Waals surface area contributed by atoms with Crippen molar-refractivity contribution in [1.82, 2.24) is 0 Å². The molecule has 3 N–H and O–H groups in total. The summed E-state index contributed by atoms with van der Waals surface area (Å²) in [6.45, 7) is 0. The van der Waals surface area contributed by atoms with Crippen molar-refractivity contribution in [2.75, 3.05) is 11.6 Å². The molecule has 0 saturated heterocycles. The van der Waals surface area contributed by atoms with E-state index in [1.54, 1.807) is 0 Å². The van der Waals surface area contributed by atoms with Crippen molar-refractivity contribution >= 4 is 37.8 Å². The monoisotopic (exact) mass is 373 g/mol. The zero-order valence-electron chi connectivity index (χ0n) is 12.2. The molecule has 2 rings (SSSR count). The molecule has 1 aromatic carbocycles. The Morgan fingerprint density at radius 1 is 1.38 bits per heavy atom. The average molecular weight is 373 g/mol. The first-order valence-corrected chi connectivity index (χ1v) is 9.10. The number of hydrogen-bond acceptors (Lipinski definition) is 7. The molecule has 0 aliphatic heterocycles. The molecule has 1 amide bonds. The maximum absolute atomic E-state index is 13.0. The van der Waals surface area contributed by atoms with Crippen molar-refractivity contribution in [3.63, 3.8) is 0 Å². The minimum Gasteiger partial charge on any atom is -0.368 e. The van der Waals surface area contributed by atoms with E-state index in [1.807, 2.05) is 0 Å². The van der Waals surface area contributed by atoms with Gasteiger partial charge in [0.25, 0.3) is 0 Å². The largest absolute Gasteiger partial charge is 0.368 e. The molecule has 1 aromatic heterocycles. The molecule has 1 unspecified atom stereocenters. The summed E-state index contributed by atoms with van der Waals surface area (Å²) in [5.74, 6) is -1.38. The third-order valence-corrected chi connectivity index (χ3v) is 5.87. The molecule has 1 heterocycles. The number of nitrogens with two attached hydrogens (primary N) is 1. The van der Waals surface area contributed by atoms with E-state index in [-0.39, 0.29) is 14.8 Å². The fraction of sp³-hybridized carbons (Fsp3) is 0.154. The van der Waals surface area contributed by atoms with Crippen LogP contribution in [0.4, 0.5) is 15.1 Å². The van der Waals surface area contributed by atoms with Crippen LogP contribution in [-0.4, -0.2) is 25.5 Å². The summed E-state index contributed by atoms with van der Waals surface area (Å²) in [7, 11) is -3.66. The van der Waals surface area contributed by atoms with Crippen molar-refractivity contribution in [2.45, 2.75) is 10.3 Å². The van der Waals surface area contributed by atoms with E-state index >= 15 is 0 Å². The summed E-state index contributed by atoms with van der Waals surface area (Å²) in [5, 5.41) is 13.5. The minimum atomic E-state index is -3.66. The minimum absolute atomic E-state index is 0.131. The van der Waals surface area contributed by atoms with Gasteiger partial charge in [0.05, 0.1) is 4.92 Å². The van der Waals surface area contributed by atoms with E-state index in [9.17, 15) is 27.7 Å². The molecule has 0 aliphatic rings. The highest BCUT2D eigenvalue weighted by Crippen LogP contribution is 2.39. The van der Waals surface area contributed by atoms with E-state index in [0.717, 1.165) is 24.5 Å². The van der Waals surface area contributed by atoms with E-state index in [1.165, 1.54) is 12.1 Å². The fourth-order valence-electron chi connectivity index (χ4n) is 1.89. The lowest BCUT2D eigenvalue weighted by molar-refractivity contribution is -0.383. The van der Waals surface area contributed by atoms with Gasteiger partial charge in [0.1, 0.15) is 16.1 Å². The van der Waals surface area contributed by atoms with Crippen LogP contribution in [0.5, 0.6) is 0 Å². The Morgan fingerprint density at radius 2 is 1.96 bits per heavy atom. The van der Waals surface area contributed by atoms with E-state index in [4.69, 9.17) is 5.73 Å². The van der Waals surface area contributed by atoms with Crippen molar-refractivity contribution < 1.29 is 22.5 Å². The number of carbonyl (C=O) groups excluding carboxylic acids is 1. The lowest BCUT2D eigenvalue weighted by Gasteiger charge is -2.15. The number of benzene rings is 1. The molecule has 8 nitrogen and oxygen atoms in total. The number of thiophene rings is 1. The Kier molecular flexibility index (Phi) is 4.85. The second kappa shape index (κ2) is 6.53. The Labute approximate surface area is 140 Å². The lowest BCUT2D eigenvalue weighted by Crippen LogP contribution is -2.27. The molecule has 0 fully saturated rings. The third kappa shape index (κ3) is 3.86. The Bertz CT molecular complexity index is 893. The van der Waals surface area contributed by atoms with Gasteiger partial charge < -0.3 is 11.1 Å². The second-order valence-electron chi connectivity index (χ2n) is 4.84. The van der Waals surface area contributed by atoms with Gasteiger partial charge in [0.2, 0.25) is 5.91 Å². The summed E-state index contributed by atoms with van der Waals surface area (Å²) in [6, 6.07) is 4.54. The van der Waals surface area contributed by atoms with Crippen molar-refractivity contribution in [2.24, 2.45) is 5.73 Å². The van der Waals surface area contributed by atoms with Crippen molar-refractivity contribution in [3.8, 4) is 0 Å². The molecule has 1 atom stereocenters. The first-order valence-electron chi connectivity index (χ1n) is 6.39. The Hall–Kier alpha value is -2.53. The molecule has 24 heavy (non-hydrogen) atoms. The number of amides is 1. The highest BCUT2D eigenvalue weighted by Gasteiger charge is 2.27. The zero-order chi connectivity index (χ0) is 18.1. The summed E-state index contributed by atoms with van der Waals surface area (Å²) in [5.41, 5.74) is 5.09. The van der Waals surface area contributed by atoms with Crippen LogP contribution in [0.15, 0.2) is 34.5 Å². The first kappa shape index (κ1) is 17.8. The number of anilines is 1. The van der Waals surface area contributed by atoms with Crippen LogP contribution in [0.3, 0.4) is 0 Å². The standard InChI is InChI=1S/C13H12FN3O5S2/c1-24(21,22)10-6-9(17(19)20)13(23-10)16-11(12(15)18)7-2-4-8(14)5-3-7/h2-6,11,16H,1H3,(H2,15,18).